The smallest absolute Gasteiger partial charge is 0.256 e. The Hall–Kier alpha value is -1.66. The summed E-state index contributed by atoms with van der Waals surface area (Å²) < 4.78 is 0. The van der Waals surface area contributed by atoms with E-state index in [2.05, 4.69) is 23.8 Å². The molecule has 0 aromatic heterocycles. The van der Waals surface area contributed by atoms with E-state index < -0.39 is 24.0 Å². The van der Waals surface area contributed by atoms with E-state index >= 15 is 0 Å². The lowest BCUT2D eigenvalue weighted by molar-refractivity contribution is -0.145. The van der Waals surface area contributed by atoms with Crippen LogP contribution in [0.5, 0.6) is 0 Å². The van der Waals surface area contributed by atoms with Crippen LogP contribution in [0, 0.1) is 0 Å². The van der Waals surface area contributed by atoms with Crippen molar-refractivity contribution < 1.29 is 19.8 Å². The lowest BCUT2D eigenvalue weighted by atomic mass is 10.2. The molecule has 84 valence electrons. The van der Waals surface area contributed by atoms with Gasteiger partial charge in [-0.25, -0.2) is 0 Å². The lowest BCUT2D eigenvalue weighted by Crippen LogP contribution is -2.48. The summed E-state index contributed by atoms with van der Waals surface area (Å²) in [7, 11) is 0. The molecule has 2 unspecified atom stereocenters. The molecule has 0 radical (unpaired) electrons. The van der Waals surface area contributed by atoms with Crippen LogP contribution in [-0.4, -0.2) is 40.8 Å². The van der Waals surface area contributed by atoms with Crippen LogP contribution in [0.3, 0.4) is 0 Å². The predicted octanol–water partition coefficient (Wildman–Crippen LogP) is -1.73. The summed E-state index contributed by atoms with van der Waals surface area (Å²) in [6, 6.07) is 0. The first-order valence-electron chi connectivity index (χ1n) is 4.20. The minimum Gasteiger partial charge on any atom is -0.380 e. The summed E-state index contributed by atoms with van der Waals surface area (Å²) in [5.74, 6) is -1.74. The summed E-state index contributed by atoms with van der Waals surface area (Å²) in [5, 5.41) is 22.7. The second-order valence-electron chi connectivity index (χ2n) is 2.64. The molecule has 0 saturated heterocycles. The maximum absolute atomic E-state index is 11.1. The zero-order chi connectivity index (χ0) is 11.8. The number of aliphatic hydroxyl groups excluding tert-OH is 2. The Morgan fingerprint density at radius 1 is 1.20 bits per heavy atom. The first-order chi connectivity index (χ1) is 7.04. The largest absolute Gasteiger partial charge is 0.380 e. The van der Waals surface area contributed by atoms with Crippen molar-refractivity contribution in [1.82, 2.24) is 10.6 Å². The Labute approximate surface area is 87.3 Å². The van der Waals surface area contributed by atoms with Crippen molar-refractivity contribution in [3.63, 3.8) is 0 Å². The van der Waals surface area contributed by atoms with Crippen molar-refractivity contribution in [2.24, 2.45) is 0 Å². The topological polar surface area (TPSA) is 98.7 Å². The predicted molar refractivity (Wildman–Crippen MR) is 53.6 cm³/mol. The fourth-order valence-corrected chi connectivity index (χ4v) is 0.750. The molecule has 2 amide bonds. The Bertz CT molecular complexity index is 265. The Morgan fingerprint density at radius 3 is 2.20 bits per heavy atom. The van der Waals surface area contributed by atoms with E-state index in [0.29, 0.717) is 0 Å². The maximum Gasteiger partial charge on any atom is 0.256 e. The van der Waals surface area contributed by atoms with Crippen molar-refractivity contribution in [2.75, 3.05) is 6.54 Å². The number of rotatable bonds is 6. The molecule has 15 heavy (non-hydrogen) atoms. The van der Waals surface area contributed by atoms with Gasteiger partial charge in [0.05, 0.1) is 0 Å². The minimum absolute atomic E-state index is 0.145. The SMILES string of the molecule is C=CCNC(=O)C(O)C(O)C(=O)NC=C. The molecular formula is C9H14N2O4. The highest BCUT2D eigenvalue weighted by Gasteiger charge is 2.29. The average molecular weight is 214 g/mol. The van der Waals surface area contributed by atoms with Crippen LogP contribution in [-0.2, 0) is 9.59 Å². The van der Waals surface area contributed by atoms with Crippen molar-refractivity contribution in [3.8, 4) is 0 Å². The quantitative estimate of drug-likeness (QED) is 0.395. The van der Waals surface area contributed by atoms with Crippen LogP contribution in [0.2, 0.25) is 0 Å². The number of aliphatic hydroxyl groups is 2. The first-order valence-corrected chi connectivity index (χ1v) is 4.20. The van der Waals surface area contributed by atoms with Gasteiger partial charge in [0.15, 0.2) is 12.2 Å². The van der Waals surface area contributed by atoms with Gasteiger partial charge in [0, 0.05) is 6.54 Å². The normalized spacial score (nSPS) is 13.5. The summed E-state index contributed by atoms with van der Waals surface area (Å²) in [6.45, 7) is 6.69. The summed E-state index contributed by atoms with van der Waals surface area (Å²) in [4.78, 5) is 22.0. The van der Waals surface area contributed by atoms with Gasteiger partial charge >= 0.3 is 0 Å². The molecule has 0 aliphatic heterocycles. The minimum atomic E-state index is -1.83. The van der Waals surface area contributed by atoms with Gasteiger partial charge in [-0.1, -0.05) is 12.7 Å². The van der Waals surface area contributed by atoms with Crippen LogP contribution in [0.1, 0.15) is 0 Å². The van der Waals surface area contributed by atoms with E-state index in [1.807, 2.05) is 0 Å². The van der Waals surface area contributed by atoms with Crippen molar-refractivity contribution >= 4 is 11.8 Å². The third kappa shape index (κ3) is 4.39. The Kier molecular flexibility index (Phi) is 6.00. The van der Waals surface area contributed by atoms with Gasteiger partial charge in [-0.15, -0.1) is 6.58 Å². The molecule has 0 spiro atoms. The molecule has 0 aliphatic rings. The molecule has 0 heterocycles. The van der Waals surface area contributed by atoms with Crippen LogP contribution in [0.4, 0.5) is 0 Å². The van der Waals surface area contributed by atoms with Gasteiger partial charge in [0.25, 0.3) is 11.8 Å². The lowest BCUT2D eigenvalue weighted by Gasteiger charge is -2.15. The highest BCUT2D eigenvalue weighted by Crippen LogP contribution is 1.94. The van der Waals surface area contributed by atoms with E-state index in [1.165, 1.54) is 6.08 Å². The molecular weight excluding hydrogens is 200 g/mol. The summed E-state index contributed by atoms with van der Waals surface area (Å²) in [6.07, 6.45) is -1.20. The van der Waals surface area contributed by atoms with Crippen LogP contribution in [0.15, 0.2) is 25.4 Å². The second-order valence-corrected chi connectivity index (χ2v) is 2.64. The van der Waals surface area contributed by atoms with Crippen LogP contribution in [0.25, 0.3) is 0 Å². The maximum atomic E-state index is 11.1. The monoisotopic (exact) mass is 214 g/mol. The van der Waals surface area contributed by atoms with E-state index in [1.54, 1.807) is 0 Å². The molecule has 0 aliphatic carbocycles. The average Bonchev–Trinajstić information content (AvgIpc) is 2.24. The van der Waals surface area contributed by atoms with Crippen molar-refractivity contribution in [3.05, 3.63) is 25.4 Å². The zero-order valence-electron chi connectivity index (χ0n) is 8.14. The van der Waals surface area contributed by atoms with E-state index in [4.69, 9.17) is 0 Å². The zero-order valence-corrected chi connectivity index (χ0v) is 8.14. The molecule has 2 atom stereocenters. The van der Waals surface area contributed by atoms with Crippen LogP contribution < -0.4 is 10.6 Å². The summed E-state index contributed by atoms with van der Waals surface area (Å²) >= 11 is 0. The molecule has 0 saturated carbocycles. The third-order valence-electron chi connectivity index (χ3n) is 1.50. The standard InChI is InChI=1S/C9H14N2O4/c1-3-5-11-9(15)7(13)6(12)8(14)10-4-2/h3-4,6-7,12-13H,1-2,5H2,(H,10,14)(H,11,15). The number of hydrogen-bond acceptors (Lipinski definition) is 4. The first kappa shape index (κ1) is 13.3. The highest BCUT2D eigenvalue weighted by molar-refractivity contribution is 5.91. The molecule has 6 heteroatoms. The highest BCUT2D eigenvalue weighted by atomic mass is 16.3. The van der Waals surface area contributed by atoms with Gasteiger partial charge in [-0.2, -0.15) is 0 Å². The molecule has 0 aromatic rings. The fourth-order valence-electron chi connectivity index (χ4n) is 0.750. The third-order valence-corrected chi connectivity index (χ3v) is 1.50. The molecule has 6 nitrogen and oxygen atoms in total. The number of nitrogens with one attached hydrogen (secondary N) is 2. The van der Waals surface area contributed by atoms with E-state index in [0.717, 1.165) is 6.20 Å². The van der Waals surface area contributed by atoms with Gasteiger partial charge < -0.3 is 20.8 Å². The fraction of sp³-hybridized carbons (Fsp3) is 0.333. The molecule has 0 fully saturated rings. The Morgan fingerprint density at radius 2 is 1.73 bits per heavy atom. The van der Waals surface area contributed by atoms with Gasteiger partial charge in [0.2, 0.25) is 0 Å². The summed E-state index contributed by atoms with van der Waals surface area (Å²) in [5.41, 5.74) is 0. The van der Waals surface area contributed by atoms with Crippen molar-refractivity contribution in [1.29, 1.82) is 0 Å². The van der Waals surface area contributed by atoms with Gasteiger partial charge in [-0.05, 0) is 6.20 Å². The Balaban J connectivity index is 4.22. The number of amides is 2. The van der Waals surface area contributed by atoms with Gasteiger partial charge in [0.1, 0.15) is 0 Å². The van der Waals surface area contributed by atoms with E-state index in [9.17, 15) is 19.8 Å². The number of hydrogen-bond donors (Lipinski definition) is 4. The molecule has 4 N–H and O–H groups in total. The molecule has 0 aromatic carbocycles. The van der Waals surface area contributed by atoms with Crippen LogP contribution >= 0.6 is 0 Å². The van der Waals surface area contributed by atoms with E-state index in [-0.39, 0.29) is 6.54 Å². The van der Waals surface area contributed by atoms with Crippen molar-refractivity contribution in [2.45, 2.75) is 12.2 Å². The number of carbonyl (C=O) groups excluding carboxylic acids is 2. The molecule has 0 bridgehead atoms. The second kappa shape index (κ2) is 6.74. The number of carbonyl (C=O) groups is 2. The molecule has 0 rings (SSSR count). The van der Waals surface area contributed by atoms with Gasteiger partial charge in [-0.3, -0.25) is 9.59 Å².